The van der Waals surface area contributed by atoms with E-state index in [0.29, 0.717) is 5.02 Å². The van der Waals surface area contributed by atoms with Gasteiger partial charge in [-0.2, -0.15) is 0 Å². The summed E-state index contributed by atoms with van der Waals surface area (Å²) in [6.45, 7) is 4.19. The van der Waals surface area contributed by atoms with E-state index in [4.69, 9.17) is 11.6 Å². The Bertz CT molecular complexity index is 828. The number of anilines is 1. The number of halogens is 1. The maximum atomic E-state index is 6.06. The molecular formula is C17H16ClN3. The monoisotopic (exact) mass is 297 g/mol. The first-order chi connectivity index (χ1) is 10.1. The molecule has 1 heterocycles. The zero-order chi connectivity index (χ0) is 15.0. The molecule has 1 N–H and O–H groups in total. The second-order valence-corrected chi connectivity index (χ2v) is 5.54. The summed E-state index contributed by atoms with van der Waals surface area (Å²) in [5.74, 6) is 1.51. The molecule has 0 amide bonds. The minimum Gasteiger partial charge on any atom is -0.373 e. The van der Waals surface area contributed by atoms with Gasteiger partial charge in [0.05, 0.1) is 5.52 Å². The minimum absolute atomic E-state index is 0.682. The van der Waals surface area contributed by atoms with Gasteiger partial charge in [-0.05, 0) is 49.2 Å². The van der Waals surface area contributed by atoms with Crippen molar-refractivity contribution in [1.82, 2.24) is 9.97 Å². The van der Waals surface area contributed by atoms with Gasteiger partial charge in [0.15, 0.2) is 5.82 Å². The fraction of sp³-hybridized carbons (Fsp3) is 0.176. The second kappa shape index (κ2) is 5.34. The van der Waals surface area contributed by atoms with Crippen molar-refractivity contribution in [3.05, 3.63) is 52.5 Å². The Morgan fingerprint density at radius 3 is 2.48 bits per heavy atom. The molecule has 0 radical (unpaired) electrons. The molecule has 3 nitrogen and oxygen atoms in total. The highest BCUT2D eigenvalue weighted by Gasteiger charge is 2.09. The number of fused-ring (bicyclic) bond motifs is 1. The van der Waals surface area contributed by atoms with Gasteiger partial charge in [-0.1, -0.05) is 23.7 Å². The van der Waals surface area contributed by atoms with E-state index < -0.39 is 0 Å². The van der Waals surface area contributed by atoms with Gasteiger partial charge in [0.2, 0.25) is 0 Å². The van der Waals surface area contributed by atoms with Crippen LogP contribution in [0.25, 0.3) is 22.3 Å². The van der Waals surface area contributed by atoms with Gasteiger partial charge in [-0.25, -0.2) is 9.97 Å². The standard InChI is InChI=1S/C17H16ClN3/c1-10-4-5-12(8-11(10)2)16-20-15-7-6-13(18)9-14(15)17(19-3)21-16/h4-9H,1-3H3,(H,19,20,21). The maximum Gasteiger partial charge on any atom is 0.162 e. The van der Waals surface area contributed by atoms with Crippen LogP contribution in [0, 0.1) is 13.8 Å². The van der Waals surface area contributed by atoms with E-state index >= 15 is 0 Å². The summed E-state index contributed by atoms with van der Waals surface area (Å²) in [6, 6.07) is 11.9. The number of nitrogens with zero attached hydrogens (tertiary/aromatic N) is 2. The summed E-state index contributed by atoms with van der Waals surface area (Å²) >= 11 is 6.06. The van der Waals surface area contributed by atoms with E-state index in [1.807, 2.05) is 25.2 Å². The smallest absolute Gasteiger partial charge is 0.162 e. The largest absolute Gasteiger partial charge is 0.373 e. The molecule has 3 aromatic rings. The van der Waals surface area contributed by atoms with Gasteiger partial charge >= 0.3 is 0 Å². The molecule has 1 aromatic heterocycles. The molecule has 0 aliphatic carbocycles. The van der Waals surface area contributed by atoms with Crippen molar-refractivity contribution in [3.8, 4) is 11.4 Å². The summed E-state index contributed by atoms with van der Waals surface area (Å²) < 4.78 is 0. The maximum absolute atomic E-state index is 6.06. The lowest BCUT2D eigenvalue weighted by Crippen LogP contribution is -1.99. The lowest BCUT2D eigenvalue weighted by atomic mass is 10.1. The molecule has 106 valence electrons. The zero-order valence-corrected chi connectivity index (χ0v) is 13.0. The number of aryl methyl sites for hydroxylation is 2. The Morgan fingerprint density at radius 2 is 1.76 bits per heavy atom. The average molecular weight is 298 g/mol. The van der Waals surface area contributed by atoms with E-state index in [1.165, 1.54) is 11.1 Å². The van der Waals surface area contributed by atoms with Crippen LogP contribution in [-0.4, -0.2) is 17.0 Å². The summed E-state index contributed by atoms with van der Waals surface area (Å²) in [7, 11) is 1.85. The van der Waals surface area contributed by atoms with Gasteiger partial charge in [0.1, 0.15) is 5.82 Å². The average Bonchev–Trinajstić information content (AvgIpc) is 2.49. The topological polar surface area (TPSA) is 37.8 Å². The molecule has 0 unspecified atom stereocenters. The number of benzene rings is 2. The SMILES string of the molecule is CNc1nc(-c2ccc(C)c(C)c2)nc2ccc(Cl)cc12. The van der Waals surface area contributed by atoms with Crippen molar-refractivity contribution in [2.75, 3.05) is 12.4 Å². The zero-order valence-electron chi connectivity index (χ0n) is 12.2. The third-order valence-electron chi connectivity index (χ3n) is 3.66. The number of hydrogen-bond acceptors (Lipinski definition) is 3. The Kier molecular flexibility index (Phi) is 3.52. The van der Waals surface area contributed by atoms with Crippen molar-refractivity contribution < 1.29 is 0 Å². The van der Waals surface area contributed by atoms with Crippen LogP contribution in [0.2, 0.25) is 5.02 Å². The fourth-order valence-corrected chi connectivity index (χ4v) is 2.47. The molecule has 3 rings (SSSR count). The van der Waals surface area contributed by atoms with Gasteiger partial charge in [0.25, 0.3) is 0 Å². The first-order valence-electron chi connectivity index (χ1n) is 6.81. The second-order valence-electron chi connectivity index (χ2n) is 5.11. The molecule has 0 atom stereocenters. The Labute approximate surface area is 129 Å². The normalized spacial score (nSPS) is 10.9. The fourth-order valence-electron chi connectivity index (χ4n) is 2.30. The number of nitrogens with one attached hydrogen (secondary N) is 1. The predicted octanol–water partition coefficient (Wildman–Crippen LogP) is 4.61. The Hall–Kier alpha value is -2.13. The summed E-state index contributed by atoms with van der Waals surface area (Å²) in [6.07, 6.45) is 0. The molecule has 0 bridgehead atoms. The van der Waals surface area contributed by atoms with Crippen LogP contribution < -0.4 is 5.32 Å². The molecule has 2 aromatic carbocycles. The van der Waals surface area contributed by atoms with Crippen LogP contribution >= 0.6 is 11.6 Å². The van der Waals surface area contributed by atoms with Crippen molar-refractivity contribution in [2.45, 2.75) is 13.8 Å². The number of aromatic nitrogens is 2. The highest BCUT2D eigenvalue weighted by atomic mass is 35.5. The summed E-state index contributed by atoms with van der Waals surface area (Å²) in [4.78, 5) is 9.28. The molecule has 0 saturated carbocycles. The van der Waals surface area contributed by atoms with Crippen molar-refractivity contribution in [2.24, 2.45) is 0 Å². The third kappa shape index (κ3) is 2.57. The third-order valence-corrected chi connectivity index (χ3v) is 3.89. The molecule has 0 saturated heterocycles. The van der Waals surface area contributed by atoms with E-state index in [9.17, 15) is 0 Å². The molecule has 4 heteroatoms. The van der Waals surface area contributed by atoms with Crippen LogP contribution in [0.1, 0.15) is 11.1 Å². The predicted molar refractivity (Wildman–Crippen MR) is 89.0 cm³/mol. The lowest BCUT2D eigenvalue weighted by molar-refractivity contribution is 1.21. The van der Waals surface area contributed by atoms with Crippen LogP contribution in [0.15, 0.2) is 36.4 Å². The summed E-state index contributed by atoms with van der Waals surface area (Å²) in [5.41, 5.74) is 4.40. The highest BCUT2D eigenvalue weighted by Crippen LogP contribution is 2.27. The first kappa shape index (κ1) is 13.8. The van der Waals surface area contributed by atoms with E-state index in [2.05, 4.69) is 47.3 Å². The van der Waals surface area contributed by atoms with Gasteiger partial charge in [0, 0.05) is 23.0 Å². The quantitative estimate of drug-likeness (QED) is 0.750. The van der Waals surface area contributed by atoms with Crippen LogP contribution in [0.3, 0.4) is 0 Å². The van der Waals surface area contributed by atoms with E-state index in [-0.39, 0.29) is 0 Å². The van der Waals surface area contributed by atoms with Crippen molar-refractivity contribution in [1.29, 1.82) is 0 Å². The molecular weight excluding hydrogens is 282 g/mol. The first-order valence-corrected chi connectivity index (χ1v) is 7.19. The Morgan fingerprint density at radius 1 is 0.952 bits per heavy atom. The molecule has 0 aliphatic heterocycles. The van der Waals surface area contributed by atoms with Crippen molar-refractivity contribution >= 4 is 28.3 Å². The summed E-state index contributed by atoms with van der Waals surface area (Å²) in [5, 5.41) is 4.73. The van der Waals surface area contributed by atoms with Crippen molar-refractivity contribution in [3.63, 3.8) is 0 Å². The van der Waals surface area contributed by atoms with Gasteiger partial charge < -0.3 is 5.32 Å². The van der Waals surface area contributed by atoms with Gasteiger partial charge in [-0.15, -0.1) is 0 Å². The van der Waals surface area contributed by atoms with Crippen LogP contribution in [0.4, 0.5) is 5.82 Å². The molecule has 0 spiro atoms. The number of rotatable bonds is 2. The molecule has 21 heavy (non-hydrogen) atoms. The highest BCUT2D eigenvalue weighted by molar-refractivity contribution is 6.31. The van der Waals surface area contributed by atoms with E-state index in [0.717, 1.165) is 28.1 Å². The van der Waals surface area contributed by atoms with Crippen LogP contribution in [-0.2, 0) is 0 Å². The molecule has 0 fully saturated rings. The molecule has 0 aliphatic rings. The lowest BCUT2D eigenvalue weighted by Gasteiger charge is -2.09. The minimum atomic E-state index is 0.682. The van der Waals surface area contributed by atoms with E-state index in [1.54, 1.807) is 0 Å². The van der Waals surface area contributed by atoms with Crippen LogP contribution in [0.5, 0.6) is 0 Å². The van der Waals surface area contributed by atoms with Gasteiger partial charge in [-0.3, -0.25) is 0 Å². The Balaban J connectivity index is 2.23. The number of hydrogen-bond donors (Lipinski definition) is 1.